The molecule has 0 spiro atoms. The van der Waals surface area contributed by atoms with Crippen molar-refractivity contribution in [2.24, 2.45) is 0 Å². The third kappa shape index (κ3) is 3.26. The first-order valence-corrected chi connectivity index (χ1v) is 9.63. The van der Waals surface area contributed by atoms with Gasteiger partial charge >= 0.3 is 0 Å². The maximum atomic E-state index is 12.1. The average molecular weight is 375 g/mol. The third-order valence-corrected chi connectivity index (χ3v) is 5.62. The van der Waals surface area contributed by atoms with Gasteiger partial charge in [0.25, 0.3) is 0 Å². The first-order chi connectivity index (χ1) is 12.7. The molecule has 0 atom stereocenters. The second kappa shape index (κ2) is 7.41. The van der Waals surface area contributed by atoms with Crippen LogP contribution in [-0.2, 0) is 6.42 Å². The Morgan fingerprint density at radius 1 is 1.19 bits per heavy atom. The molecule has 1 saturated heterocycles. The van der Waals surface area contributed by atoms with Crippen LogP contribution in [0.1, 0.15) is 41.7 Å². The summed E-state index contributed by atoms with van der Waals surface area (Å²) >= 11 is 6.50. The highest BCUT2D eigenvalue weighted by molar-refractivity contribution is 6.39. The lowest BCUT2D eigenvalue weighted by molar-refractivity contribution is 0.0995. The lowest BCUT2D eigenvalue weighted by Crippen LogP contribution is -2.21. The van der Waals surface area contributed by atoms with E-state index in [4.69, 9.17) is 21.1 Å². The number of carbonyl (C=O) groups excluding carboxylic acids is 1. The molecule has 1 aliphatic carbocycles. The highest BCUT2D eigenvalue weighted by atomic mass is 35.5. The number of benzene rings is 1. The van der Waals surface area contributed by atoms with Crippen molar-refractivity contribution in [3.05, 3.63) is 28.4 Å². The third-order valence-electron chi connectivity index (χ3n) is 5.22. The number of ether oxygens (including phenoxy) is 2. The minimum Gasteiger partial charge on any atom is -0.493 e. The number of methoxy groups -OCH3 is 1. The molecule has 0 saturated carbocycles. The fraction of sp³-hybridized carbons (Fsp3) is 0.500. The maximum absolute atomic E-state index is 12.1. The summed E-state index contributed by atoms with van der Waals surface area (Å²) in [6, 6.07) is 3.70. The molecule has 1 fully saturated rings. The molecule has 6 heteroatoms. The predicted molar refractivity (Wildman–Crippen MR) is 102 cm³/mol. The Hall–Kier alpha value is -1.85. The number of aryl methyl sites for hydroxylation is 1. The molecule has 2 aromatic rings. The van der Waals surface area contributed by atoms with Gasteiger partial charge in [0, 0.05) is 24.4 Å². The molecule has 4 rings (SSSR count). The number of halogens is 1. The average Bonchev–Trinajstić information content (AvgIpc) is 3.28. The number of hydrogen-bond donors (Lipinski definition) is 0. The SMILES string of the molecule is COc1cc2c(Cl)c3c(nc2cc1OCCCN1CCCC1)CCC3=O. The van der Waals surface area contributed by atoms with Gasteiger partial charge in [-0.2, -0.15) is 0 Å². The molecule has 1 aromatic carbocycles. The van der Waals surface area contributed by atoms with Crippen molar-refractivity contribution in [1.29, 1.82) is 0 Å². The van der Waals surface area contributed by atoms with Gasteiger partial charge in [-0.3, -0.25) is 9.78 Å². The Morgan fingerprint density at radius 3 is 2.77 bits per heavy atom. The standard InChI is InChI=1S/C20H23ClN2O3/c1-25-17-11-13-15(22-14-5-6-16(24)19(14)20(13)21)12-18(17)26-10-4-9-23-7-2-3-8-23/h11-12H,2-10H2,1H3. The summed E-state index contributed by atoms with van der Waals surface area (Å²) in [5.74, 6) is 1.36. The van der Waals surface area contributed by atoms with Crippen LogP contribution in [0.3, 0.4) is 0 Å². The molecule has 0 amide bonds. The van der Waals surface area contributed by atoms with Gasteiger partial charge < -0.3 is 14.4 Å². The van der Waals surface area contributed by atoms with Crippen LogP contribution < -0.4 is 9.47 Å². The van der Waals surface area contributed by atoms with E-state index in [2.05, 4.69) is 9.88 Å². The molecule has 1 aliphatic heterocycles. The van der Waals surface area contributed by atoms with Crippen molar-refractivity contribution in [2.75, 3.05) is 33.4 Å². The zero-order chi connectivity index (χ0) is 18.1. The summed E-state index contributed by atoms with van der Waals surface area (Å²) in [6.07, 6.45) is 4.72. The number of carbonyl (C=O) groups is 1. The first-order valence-electron chi connectivity index (χ1n) is 9.26. The summed E-state index contributed by atoms with van der Waals surface area (Å²) in [5, 5.41) is 1.22. The van der Waals surface area contributed by atoms with Gasteiger partial charge in [-0.25, -0.2) is 0 Å². The van der Waals surface area contributed by atoms with Crippen LogP contribution in [0.5, 0.6) is 11.5 Å². The number of ketones is 1. The predicted octanol–water partition coefficient (Wildman–Crippen LogP) is 3.89. The molecule has 2 heterocycles. The van der Waals surface area contributed by atoms with E-state index < -0.39 is 0 Å². The number of rotatable bonds is 6. The van der Waals surface area contributed by atoms with Crippen molar-refractivity contribution < 1.29 is 14.3 Å². The van der Waals surface area contributed by atoms with Crippen LogP contribution in [0.15, 0.2) is 12.1 Å². The number of hydrogen-bond acceptors (Lipinski definition) is 5. The summed E-state index contributed by atoms with van der Waals surface area (Å²) < 4.78 is 11.5. The number of Topliss-reactive ketones (excluding diaryl/α,β-unsaturated/α-hetero) is 1. The summed E-state index contributed by atoms with van der Waals surface area (Å²) in [5.41, 5.74) is 2.11. The molecule has 5 nitrogen and oxygen atoms in total. The molecule has 1 aromatic heterocycles. The Labute approximate surface area is 158 Å². The molecule has 0 unspecified atom stereocenters. The summed E-state index contributed by atoms with van der Waals surface area (Å²) in [6.45, 7) is 4.10. The molecular weight excluding hydrogens is 352 g/mol. The second-order valence-electron chi connectivity index (χ2n) is 6.94. The lowest BCUT2D eigenvalue weighted by atomic mass is 10.1. The number of nitrogens with zero attached hydrogens (tertiary/aromatic N) is 2. The van der Waals surface area contributed by atoms with E-state index in [1.54, 1.807) is 7.11 Å². The maximum Gasteiger partial charge on any atom is 0.166 e. The minimum absolute atomic E-state index is 0.0700. The van der Waals surface area contributed by atoms with Gasteiger partial charge in [0.1, 0.15) is 0 Å². The first kappa shape index (κ1) is 17.6. The van der Waals surface area contributed by atoms with E-state index in [0.29, 0.717) is 41.5 Å². The van der Waals surface area contributed by atoms with Crippen molar-refractivity contribution in [3.8, 4) is 11.5 Å². The number of aromatic nitrogens is 1. The molecule has 26 heavy (non-hydrogen) atoms. The number of fused-ring (bicyclic) bond motifs is 2. The Morgan fingerprint density at radius 2 is 2.00 bits per heavy atom. The van der Waals surface area contributed by atoms with Crippen LogP contribution in [-0.4, -0.2) is 49.0 Å². The van der Waals surface area contributed by atoms with Crippen LogP contribution >= 0.6 is 11.6 Å². The van der Waals surface area contributed by atoms with Gasteiger partial charge in [-0.05, 0) is 44.8 Å². The van der Waals surface area contributed by atoms with E-state index in [1.807, 2.05) is 12.1 Å². The highest BCUT2D eigenvalue weighted by Crippen LogP contribution is 2.39. The van der Waals surface area contributed by atoms with Crippen LogP contribution in [0.2, 0.25) is 5.02 Å². The largest absolute Gasteiger partial charge is 0.493 e. The number of pyridine rings is 1. The summed E-state index contributed by atoms with van der Waals surface area (Å²) in [7, 11) is 1.61. The van der Waals surface area contributed by atoms with E-state index >= 15 is 0 Å². The number of likely N-dealkylation sites (tertiary alicyclic amines) is 1. The molecule has 0 N–H and O–H groups in total. The van der Waals surface area contributed by atoms with Gasteiger partial charge in [0.15, 0.2) is 17.3 Å². The molecule has 0 bridgehead atoms. The zero-order valence-corrected chi connectivity index (χ0v) is 15.8. The minimum atomic E-state index is 0.0700. The van der Waals surface area contributed by atoms with E-state index in [-0.39, 0.29) is 5.78 Å². The Kier molecular flexibility index (Phi) is 5.00. The highest BCUT2D eigenvalue weighted by Gasteiger charge is 2.26. The van der Waals surface area contributed by atoms with Gasteiger partial charge in [-0.1, -0.05) is 11.6 Å². The fourth-order valence-corrected chi connectivity index (χ4v) is 4.22. The molecular formula is C20H23ClN2O3. The van der Waals surface area contributed by atoms with E-state index in [0.717, 1.165) is 29.6 Å². The zero-order valence-electron chi connectivity index (χ0n) is 15.0. The Balaban J connectivity index is 1.55. The van der Waals surface area contributed by atoms with E-state index in [9.17, 15) is 4.79 Å². The molecule has 0 radical (unpaired) electrons. The molecule has 2 aliphatic rings. The van der Waals surface area contributed by atoms with E-state index in [1.165, 1.54) is 25.9 Å². The smallest absolute Gasteiger partial charge is 0.166 e. The Bertz CT molecular complexity index is 847. The normalized spacial score (nSPS) is 17.1. The van der Waals surface area contributed by atoms with Crippen molar-refractivity contribution >= 4 is 28.3 Å². The monoisotopic (exact) mass is 374 g/mol. The second-order valence-corrected chi connectivity index (χ2v) is 7.32. The lowest BCUT2D eigenvalue weighted by Gasteiger charge is -2.16. The van der Waals surface area contributed by atoms with Crippen molar-refractivity contribution in [3.63, 3.8) is 0 Å². The van der Waals surface area contributed by atoms with Crippen molar-refractivity contribution in [1.82, 2.24) is 9.88 Å². The van der Waals surface area contributed by atoms with Crippen LogP contribution in [0.25, 0.3) is 10.9 Å². The van der Waals surface area contributed by atoms with Gasteiger partial charge in [-0.15, -0.1) is 0 Å². The molecule has 138 valence electrons. The topological polar surface area (TPSA) is 51.7 Å². The van der Waals surface area contributed by atoms with Crippen molar-refractivity contribution in [2.45, 2.75) is 32.1 Å². The van der Waals surface area contributed by atoms with Crippen LogP contribution in [0.4, 0.5) is 0 Å². The van der Waals surface area contributed by atoms with Gasteiger partial charge in [0.05, 0.1) is 35.5 Å². The summed E-state index contributed by atoms with van der Waals surface area (Å²) in [4.78, 5) is 19.2. The fourth-order valence-electron chi connectivity index (χ4n) is 3.85. The quantitative estimate of drug-likeness (QED) is 0.718. The van der Waals surface area contributed by atoms with Gasteiger partial charge in [0.2, 0.25) is 0 Å². The van der Waals surface area contributed by atoms with Crippen LogP contribution in [0, 0.1) is 0 Å².